The van der Waals surface area contributed by atoms with E-state index >= 15 is 0 Å². The maximum Gasteiger partial charge on any atom is 0.308 e. The lowest BCUT2D eigenvalue weighted by molar-refractivity contribution is -0.384. The fraction of sp³-hybridized carbons (Fsp3) is 0.526. The molecule has 0 unspecified atom stereocenters. The zero-order chi connectivity index (χ0) is 21.4. The van der Waals surface area contributed by atoms with Crippen LogP contribution in [0.3, 0.4) is 0 Å². The van der Waals surface area contributed by atoms with Gasteiger partial charge in [-0.1, -0.05) is 13.3 Å². The van der Waals surface area contributed by atoms with Gasteiger partial charge in [0.2, 0.25) is 5.91 Å². The molecule has 10 heteroatoms. The van der Waals surface area contributed by atoms with Crippen molar-refractivity contribution < 1.29 is 28.8 Å². The summed E-state index contributed by atoms with van der Waals surface area (Å²) in [6, 6.07) is 4.38. The lowest BCUT2D eigenvalue weighted by Gasteiger charge is -2.36. The van der Waals surface area contributed by atoms with Crippen molar-refractivity contribution in [2.75, 3.05) is 19.7 Å². The summed E-state index contributed by atoms with van der Waals surface area (Å²) in [5, 5.41) is 13.4. The van der Waals surface area contributed by atoms with Gasteiger partial charge < -0.3 is 19.7 Å². The van der Waals surface area contributed by atoms with E-state index in [1.165, 1.54) is 36.1 Å². The summed E-state index contributed by atoms with van der Waals surface area (Å²) < 4.78 is 10.7. The minimum absolute atomic E-state index is 0.0920. The average Bonchev–Trinajstić information content (AvgIpc) is 2.69. The molecule has 1 aliphatic heterocycles. The Morgan fingerprint density at radius 2 is 2.03 bits per heavy atom. The minimum atomic E-state index is -0.965. The average molecular weight is 407 g/mol. The quantitative estimate of drug-likeness (QED) is 0.284. The second kappa shape index (κ2) is 10.4. The van der Waals surface area contributed by atoms with Crippen molar-refractivity contribution in [3.63, 3.8) is 0 Å². The summed E-state index contributed by atoms with van der Waals surface area (Å²) in [5.41, 5.74) is -0.0920. The molecule has 0 aliphatic carbocycles. The van der Waals surface area contributed by atoms with Crippen molar-refractivity contribution in [1.82, 2.24) is 10.2 Å². The summed E-state index contributed by atoms with van der Waals surface area (Å²) >= 11 is 0. The Morgan fingerprint density at radius 3 is 2.66 bits per heavy atom. The molecule has 0 saturated carbocycles. The van der Waals surface area contributed by atoms with Gasteiger partial charge >= 0.3 is 5.97 Å². The Labute approximate surface area is 168 Å². The fourth-order valence-electron chi connectivity index (χ4n) is 2.86. The summed E-state index contributed by atoms with van der Waals surface area (Å²) in [4.78, 5) is 48.6. The van der Waals surface area contributed by atoms with E-state index in [-0.39, 0.29) is 37.6 Å². The van der Waals surface area contributed by atoms with E-state index in [1.807, 2.05) is 6.92 Å². The smallest absolute Gasteiger partial charge is 0.308 e. The molecule has 1 aliphatic rings. The van der Waals surface area contributed by atoms with Crippen molar-refractivity contribution in [2.45, 2.75) is 45.3 Å². The number of nitro benzene ring substituents is 1. The normalized spacial score (nSPS) is 17.2. The van der Waals surface area contributed by atoms with Gasteiger partial charge in [0.25, 0.3) is 11.6 Å². The van der Waals surface area contributed by atoms with Crippen LogP contribution < -0.4 is 10.1 Å². The SMILES string of the molecule is CCCCOC(=O)C[C@H]1C(=O)NCCN1C(=O)[C@@H](C)Oc1ccc([N+](=O)[O-])cc1. The highest BCUT2D eigenvalue weighted by Gasteiger charge is 2.37. The van der Waals surface area contributed by atoms with E-state index < -0.39 is 34.9 Å². The number of carbonyl (C=O) groups is 3. The Bertz CT molecular complexity index is 751. The van der Waals surface area contributed by atoms with E-state index in [2.05, 4.69) is 5.32 Å². The predicted octanol–water partition coefficient (Wildman–Crippen LogP) is 1.42. The molecule has 1 saturated heterocycles. The molecule has 0 radical (unpaired) electrons. The van der Waals surface area contributed by atoms with Gasteiger partial charge in [-0.25, -0.2) is 0 Å². The van der Waals surface area contributed by atoms with E-state index in [4.69, 9.17) is 9.47 Å². The van der Waals surface area contributed by atoms with Crippen molar-refractivity contribution in [2.24, 2.45) is 0 Å². The third-order valence-corrected chi connectivity index (χ3v) is 4.44. The number of unbranched alkanes of at least 4 members (excludes halogenated alkanes) is 1. The number of hydrogen-bond acceptors (Lipinski definition) is 7. The third kappa shape index (κ3) is 6.16. The van der Waals surface area contributed by atoms with Crippen molar-refractivity contribution >= 4 is 23.5 Å². The third-order valence-electron chi connectivity index (χ3n) is 4.44. The Hall–Kier alpha value is -3.17. The number of hydrogen-bond donors (Lipinski definition) is 1. The van der Waals surface area contributed by atoms with Gasteiger partial charge in [0.05, 0.1) is 18.0 Å². The molecule has 2 rings (SSSR count). The summed E-state index contributed by atoms with van der Waals surface area (Å²) in [7, 11) is 0. The van der Waals surface area contributed by atoms with Crippen LogP contribution in [0.25, 0.3) is 0 Å². The maximum absolute atomic E-state index is 12.8. The van der Waals surface area contributed by atoms with E-state index in [9.17, 15) is 24.5 Å². The molecule has 1 aromatic rings. The van der Waals surface area contributed by atoms with Gasteiger partial charge in [-0.15, -0.1) is 0 Å². The molecule has 2 atom stereocenters. The zero-order valence-corrected chi connectivity index (χ0v) is 16.5. The first kappa shape index (κ1) is 22.1. The highest BCUT2D eigenvalue weighted by molar-refractivity contribution is 5.93. The van der Waals surface area contributed by atoms with Crippen LogP contribution in [0.5, 0.6) is 5.75 Å². The number of non-ortho nitro benzene ring substituents is 1. The van der Waals surface area contributed by atoms with Crippen LogP contribution in [-0.2, 0) is 19.1 Å². The Morgan fingerprint density at radius 1 is 1.34 bits per heavy atom. The Kier molecular flexibility index (Phi) is 7.93. The monoisotopic (exact) mass is 407 g/mol. The van der Waals surface area contributed by atoms with Crippen LogP contribution in [0, 0.1) is 10.1 Å². The number of rotatable bonds is 9. The highest BCUT2D eigenvalue weighted by Crippen LogP contribution is 2.20. The van der Waals surface area contributed by atoms with Gasteiger partial charge in [0.15, 0.2) is 6.10 Å². The second-order valence-corrected chi connectivity index (χ2v) is 6.63. The van der Waals surface area contributed by atoms with Gasteiger partial charge in [0, 0.05) is 25.2 Å². The van der Waals surface area contributed by atoms with Crippen LogP contribution in [-0.4, -0.2) is 59.4 Å². The van der Waals surface area contributed by atoms with Gasteiger partial charge in [0.1, 0.15) is 11.8 Å². The van der Waals surface area contributed by atoms with Crippen LogP contribution >= 0.6 is 0 Å². The number of esters is 1. The highest BCUT2D eigenvalue weighted by atomic mass is 16.6. The summed E-state index contributed by atoms with van der Waals surface area (Å²) in [6.07, 6.45) is 0.428. The summed E-state index contributed by atoms with van der Waals surface area (Å²) in [6.45, 7) is 4.28. The molecular formula is C19H25N3O7. The molecular weight excluding hydrogens is 382 g/mol. The molecule has 1 heterocycles. The molecule has 1 N–H and O–H groups in total. The van der Waals surface area contributed by atoms with Crippen molar-refractivity contribution in [1.29, 1.82) is 0 Å². The standard InChI is InChI=1S/C19H25N3O7/c1-3-4-11-28-17(23)12-16-18(24)20-9-10-21(16)19(25)13(2)29-15-7-5-14(6-8-15)22(26)27/h5-8,13,16H,3-4,9-12H2,1-2H3,(H,20,24)/t13-,16+/m1/s1. The summed E-state index contributed by atoms with van der Waals surface area (Å²) in [5.74, 6) is -1.13. The lowest BCUT2D eigenvalue weighted by atomic mass is 10.1. The number of benzene rings is 1. The topological polar surface area (TPSA) is 128 Å². The van der Waals surface area contributed by atoms with Crippen LogP contribution in [0.2, 0.25) is 0 Å². The second-order valence-electron chi connectivity index (χ2n) is 6.63. The molecule has 0 spiro atoms. The first-order chi connectivity index (χ1) is 13.8. The van der Waals surface area contributed by atoms with Crippen LogP contribution in [0.15, 0.2) is 24.3 Å². The van der Waals surface area contributed by atoms with E-state index in [0.717, 1.165) is 12.8 Å². The molecule has 10 nitrogen and oxygen atoms in total. The predicted molar refractivity (Wildman–Crippen MR) is 102 cm³/mol. The van der Waals surface area contributed by atoms with Gasteiger partial charge in [-0.05, 0) is 25.5 Å². The minimum Gasteiger partial charge on any atom is -0.481 e. The number of piperazine rings is 1. The Balaban J connectivity index is 2.01. The first-order valence-electron chi connectivity index (χ1n) is 9.48. The molecule has 29 heavy (non-hydrogen) atoms. The van der Waals surface area contributed by atoms with Crippen molar-refractivity contribution in [3.8, 4) is 5.75 Å². The molecule has 1 fully saturated rings. The zero-order valence-electron chi connectivity index (χ0n) is 16.5. The molecule has 158 valence electrons. The number of nitrogens with zero attached hydrogens (tertiary/aromatic N) is 2. The number of nitro groups is 1. The number of ether oxygens (including phenoxy) is 2. The van der Waals surface area contributed by atoms with Crippen molar-refractivity contribution in [3.05, 3.63) is 34.4 Å². The largest absolute Gasteiger partial charge is 0.481 e. The van der Waals surface area contributed by atoms with Crippen LogP contribution in [0.4, 0.5) is 5.69 Å². The van der Waals surface area contributed by atoms with E-state index in [1.54, 1.807) is 0 Å². The lowest BCUT2D eigenvalue weighted by Crippen LogP contribution is -2.60. The number of nitrogens with one attached hydrogen (secondary N) is 1. The van der Waals surface area contributed by atoms with Gasteiger partial charge in [-0.3, -0.25) is 24.5 Å². The van der Waals surface area contributed by atoms with Crippen LogP contribution in [0.1, 0.15) is 33.1 Å². The number of amides is 2. The first-order valence-corrected chi connectivity index (χ1v) is 9.48. The molecule has 0 bridgehead atoms. The molecule has 2 amide bonds. The molecule has 0 aromatic heterocycles. The van der Waals surface area contributed by atoms with Gasteiger partial charge in [-0.2, -0.15) is 0 Å². The number of carbonyl (C=O) groups excluding carboxylic acids is 3. The van der Waals surface area contributed by atoms with E-state index in [0.29, 0.717) is 0 Å². The maximum atomic E-state index is 12.8. The molecule has 1 aromatic carbocycles. The fourth-order valence-corrected chi connectivity index (χ4v) is 2.86.